The highest BCUT2D eigenvalue weighted by Gasteiger charge is 2.51. The number of aromatic nitrogens is 2. The predicted molar refractivity (Wildman–Crippen MR) is 135 cm³/mol. The van der Waals surface area contributed by atoms with Crippen molar-refractivity contribution >= 4 is 35.3 Å². The van der Waals surface area contributed by atoms with Gasteiger partial charge >= 0.3 is 5.97 Å². The minimum atomic E-state index is -1.11. The van der Waals surface area contributed by atoms with Gasteiger partial charge in [-0.05, 0) is 18.7 Å². The van der Waals surface area contributed by atoms with E-state index >= 15 is 0 Å². The second kappa shape index (κ2) is 13.3. The third kappa shape index (κ3) is 8.07. The highest BCUT2D eigenvalue weighted by Crippen LogP contribution is 2.30. The Hall–Kier alpha value is -3.35. The third-order valence-electron chi connectivity index (χ3n) is 5.60. The molecule has 198 valence electrons. The molecule has 2 N–H and O–H groups in total. The first-order chi connectivity index (χ1) is 17.8. The molecule has 2 amide bonds. The summed E-state index contributed by atoms with van der Waals surface area (Å²) in [5.74, 6) is -2.20. The van der Waals surface area contributed by atoms with E-state index in [4.69, 9.17) is 14.2 Å². The quantitative estimate of drug-likeness (QED) is 0.262. The Morgan fingerprint density at radius 3 is 2.46 bits per heavy atom. The third-order valence-corrected chi connectivity index (χ3v) is 6.27. The minimum absolute atomic E-state index is 0.0227. The molecule has 4 atom stereocenters. The molecule has 37 heavy (non-hydrogen) atoms. The van der Waals surface area contributed by atoms with Gasteiger partial charge in [-0.15, -0.1) is 0 Å². The highest BCUT2D eigenvalue weighted by atomic mass is 32.2. The molecule has 3 rings (SSSR count). The van der Waals surface area contributed by atoms with Gasteiger partial charge in [0.05, 0.1) is 19.4 Å². The molecule has 11 nitrogen and oxygen atoms in total. The van der Waals surface area contributed by atoms with Gasteiger partial charge in [-0.1, -0.05) is 30.3 Å². The number of methoxy groups -OCH3 is 1. The number of carbonyl (C=O) groups excluding carboxylic acids is 4. The van der Waals surface area contributed by atoms with Crippen LogP contribution in [0.2, 0.25) is 0 Å². The molecule has 1 aromatic heterocycles. The van der Waals surface area contributed by atoms with Gasteiger partial charge in [-0.2, -0.15) is 11.8 Å². The lowest BCUT2D eigenvalue weighted by atomic mass is 9.97. The van der Waals surface area contributed by atoms with E-state index in [0.29, 0.717) is 0 Å². The first kappa shape index (κ1) is 28.2. The molecule has 0 bridgehead atoms. The van der Waals surface area contributed by atoms with E-state index in [2.05, 4.69) is 20.6 Å². The molecule has 1 saturated heterocycles. The molecule has 0 aliphatic carbocycles. The second-order valence-electron chi connectivity index (χ2n) is 8.59. The fraction of sp³-hybridized carbons (Fsp3) is 0.440. The van der Waals surface area contributed by atoms with Gasteiger partial charge < -0.3 is 24.8 Å². The van der Waals surface area contributed by atoms with E-state index in [1.807, 2.05) is 30.3 Å². The van der Waals surface area contributed by atoms with E-state index < -0.39 is 41.6 Å². The summed E-state index contributed by atoms with van der Waals surface area (Å²) in [4.78, 5) is 59.5. The lowest BCUT2D eigenvalue weighted by molar-refractivity contribution is -0.158. The average Bonchev–Trinajstić information content (AvgIpc) is 3.66. The molecular formula is C25H30N4O7S. The molecule has 0 saturated carbocycles. The number of rotatable bonds is 14. The zero-order valence-corrected chi connectivity index (χ0v) is 21.7. The standard InChI is InChI=1S/C25H30N4O7S/c1-25(15-35-25)21(30)20(11-16-7-5-4-6-8-16)36-24(33)19(14-37-3)29-23(32)18(13-34-2)28-22(31)17-12-26-9-10-27-17/h4-10,12,18-20H,11,13-15H2,1-3H3,(H,28,31)(H,29,32)/t18-,19+,20-,25+/m0/s1. The zero-order chi connectivity index (χ0) is 26.8. The molecule has 2 heterocycles. The van der Waals surface area contributed by atoms with Crippen LogP contribution in [0.5, 0.6) is 0 Å². The fourth-order valence-corrected chi connectivity index (χ4v) is 3.99. The number of nitrogens with zero attached hydrogens (tertiary/aromatic N) is 2. The average molecular weight is 531 g/mol. The maximum Gasteiger partial charge on any atom is 0.330 e. The van der Waals surface area contributed by atoms with Crippen LogP contribution in [0, 0.1) is 0 Å². The molecule has 1 fully saturated rings. The Bertz CT molecular complexity index is 1080. The molecule has 1 aromatic carbocycles. The molecule has 2 aromatic rings. The predicted octanol–water partition coefficient (Wildman–Crippen LogP) is 0.582. The first-order valence-corrected chi connectivity index (χ1v) is 12.9. The van der Waals surface area contributed by atoms with Crippen LogP contribution in [0.1, 0.15) is 23.0 Å². The van der Waals surface area contributed by atoms with Crippen LogP contribution in [0.3, 0.4) is 0 Å². The number of amides is 2. The maximum atomic E-state index is 13.2. The van der Waals surface area contributed by atoms with Crippen LogP contribution in [0.4, 0.5) is 0 Å². The van der Waals surface area contributed by atoms with Crippen LogP contribution >= 0.6 is 11.8 Å². The number of hydrogen-bond donors (Lipinski definition) is 2. The topological polar surface area (TPSA) is 149 Å². The summed E-state index contributed by atoms with van der Waals surface area (Å²) >= 11 is 1.31. The molecule has 12 heteroatoms. The molecule has 0 radical (unpaired) electrons. The molecule has 1 aliphatic heterocycles. The van der Waals surface area contributed by atoms with E-state index in [1.54, 1.807) is 13.2 Å². The van der Waals surface area contributed by atoms with Crippen molar-refractivity contribution < 1.29 is 33.4 Å². The number of Topliss-reactive ketones (excluding diaryl/α,β-unsaturated/α-hetero) is 1. The summed E-state index contributed by atoms with van der Waals surface area (Å²) in [7, 11) is 1.38. The number of benzene rings is 1. The monoisotopic (exact) mass is 530 g/mol. The van der Waals surface area contributed by atoms with Crippen molar-refractivity contribution in [1.82, 2.24) is 20.6 Å². The summed E-state index contributed by atoms with van der Waals surface area (Å²) in [5.41, 5.74) is -0.156. The minimum Gasteiger partial charge on any atom is -0.452 e. The molecular weight excluding hydrogens is 500 g/mol. The van der Waals surface area contributed by atoms with Crippen LogP contribution in [0.25, 0.3) is 0 Å². The lowest BCUT2D eigenvalue weighted by Gasteiger charge is -2.24. The zero-order valence-electron chi connectivity index (χ0n) is 20.8. The van der Waals surface area contributed by atoms with Gasteiger partial charge in [-0.25, -0.2) is 9.78 Å². The smallest absolute Gasteiger partial charge is 0.330 e. The molecule has 0 unspecified atom stereocenters. The number of ether oxygens (including phenoxy) is 3. The highest BCUT2D eigenvalue weighted by molar-refractivity contribution is 7.98. The van der Waals surface area contributed by atoms with E-state index in [1.165, 1.54) is 37.5 Å². The van der Waals surface area contributed by atoms with Crippen molar-refractivity contribution in [2.75, 3.05) is 32.3 Å². The Morgan fingerprint density at radius 1 is 1.14 bits per heavy atom. The second-order valence-corrected chi connectivity index (χ2v) is 9.50. The van der Waals surface area contributed by atoms with Crippen molar-refractivity contribution in [3.05, 3.63) is 60.2 Å². The largest absolute Gasteiger partial charge is 0.452 e. The van der Waals surface area contributed by atoms with E-state index in [9.17, 15) is 19.2 Å². The van der Waals surface area contributed by atoms with Crippen LogP contribution < -0.4 is 10.6 Å². The molecule has 1 aliphatic rings. The van der Waals surface area contributed by atoms with E-state index in [-0.39, 0.29) is 36.9 Å². The normalized spacial score (nSPS) is 18.7. The summed E-state index contributed by atoms with van der Waals surface area (Å²) in [6, 6.07) is 6.99. The Balaban J connectivity index is 1.70. The number of thioether (sulfide) groups is 1. The van der Waals surface area contributed by atoms with Gasteiger partial charge in [-0.3, -0.25) is 19.4 Å². The lowest BCUT2D eigenvalue weighted by Crippen LogP contribution is -2.55. The first-order valence-electron chi connectivity index (χ1n) is 11.5. The Kier molecular flexibility index (Phi) is 10.1. The number of esters is 1. The summed E-state index contributed by atoms with van der Waals surface area (Å²) in [6.45, 7) is 1.75. The number of carbonyl (C=O) groups is 4. The van der Waals surface area contributed by atoms with Gasteiger partial charge in [0.15, 0.2) is 11.7 Å². The van der Waals surface area contributed by atoms with Gasteiger partial charge in [0.2, 0.25) is 11.7 Å². The van der Waals surface area contributed by atoms with Crippen molar-refractivity contribution in [3.63, 3.8) is 0 Å². The summed E-state index contributed by atoms with van der Waals surface area (Å²) in [5, 5.41) is 5.15. The van der Waals surface area contributed by atoms with Crippen molar-refractivity contribution in [2.45, 2.75) is 37.1 Å². The number of hydrogen-bond acceptors (Lipinski definition) is 10. The summed E-state index contributed by atoms with van der Waals surface area (Å²) in [6.07, 6.45) is 4.88. The Labute approximate surface area is 219 Å². The van der Waals surface area contributed by atoms with Gasteiger partial charge in [0.1, 0.15) is 17.8 Å². The van der Waals surface area contributed by atoms with Gasteiger partial charge in [0.25, 0.3) is 5.91 Å². The Morgan fingerprint density at radius 2 is 1.86 bits per heavy atom. The van der Waals surface area contributed by atoms with Crippen LogP contribution in [0.15, 0.2) is 48.9 Å². The fourth-order valence-electron chi connectivity index (χ4n) is 3.44. The maximum absolute atomic E-state index is 13.2. The number of ketones is 1. The van der Waals surface area contributed by atoms with Crippen molar-refractivity contribution in [1.29, 1.82) is 0 Å². The van der Waals surface area contributed by atoms with Crippen molar-refractivity contribution in [3.8, 4) is 0 Å². The summed E-state index contributed by atoms with van der Waals surface area (Å²) < 4.78 is 16.0. The number of epoxide rings is 1. The number of nitrogens with one attached hydrogen (secondary N) is 2. The molecule has 0 spiro atoms. The van der Waals surface area contributed by atoms with Crippen LogP contribution in [-0.2, 0) is 35.0 Å². The van der Waals surface area contributed by atoms with Crippen molar-refractivity contribution in [2.24, 2.45) is 0 Å². The van der Waals surface area contributed by atoms with Gasteiger partial charge in [0, 0.05) is 31.7 Å². The van der Waals surface area contributed by atoms with E-state index in [0.717, 1.165) is 5.56 Å². The van der Waals surface area contributed by atoms with Crippen LogP contribution in [-0.4, -0.2) is 89.7 Å². The SMILES string of the molecule is COC[C@H](NC(=O)c1cnccn1)C(=O)N[C@H](CSC)C(=O)O[C@@H](Cc1ccccc1)C(=O)[C@@]1(C)CO1.